The molecule has 0 radical (unpaired) electrons. The predicted molar refractivity (Wildman–Crippen MR) is 123 cm³/mol. The molecule has 0 aliphatic heterocycles. The number of rotatable bonds is 8. The van der Waals surface area contributed by atoms with Crippen LogP contribution < -0.4 is 10.1 Å². The molecular formula is C26H33FN2O3. The van der Waals surface area contributed by atoms with Gasteiger partial charge in [-0.3, -0.25) is 9.59 Å². The summed E-state index contributed by atoms with van der Waals surface area (Å²) in [6, 6.07) is 11.4. The molecule has 1 aliphatic carbocycles. The highest BCUT2D eigenvalue weighted by Crippen LogP contribution is 2.22. The molecule has 1 atom stereocenters. The first kappa shape index (κ1) is 23.8. The average molecular weight is 441 g/mol. The largest absolute Gasteiger partial charge is 0.483 e. The van der Waals surface area contributed by atoms with Crippen molar-refractivity contribution in [3.8, 4) is 5.75 Å². The quantitative estimate of drug-likeness (QED) is 0.648. The summed E-state index contributed by atoms with van der Waals surface area (Å²) in [5.41, 5.74) is 2.40. The highest BCUT2D eigenvalue weighted by Gasteiger charge is 2.29. The first-order valence-electron chi connectivity index (χ1n) is 11.4. The molecule has 5 nitrogen and oxygen atoms in total. The maximum absolute atomic E-state index is 14.3. The van der Waals surface area contributed by atoms with Gasteiger partial charge in [-0.2, -0.15) is 0 Å². The van der Waals surface area contributed by atoms with Gasteiger partial charge in [0.05, 0.1) is 0 Å². The third-order valence-corrected chi connectivity index (χ3v) is 6.32. The summed E-state index contributed by atoms with van der Waals surface area (Å²) in [5, 5.41) is 3.08. The fraction of sp³-hybridized carbons (Fsp3) is 0.462. The van der Waals surface area contributed by atoms with E-state index in [1.54, 1.807) is 25.1 Å². The summed E-state index contributed by atoms with van der Waals surface area (Å²) in [5.74, 6) is -0.349. The standard InChI is InChI=1S/C26H33FN2O3/c1-18-10-9-15-24(19(18)2)32-17-25(30)29(16-21-11-7-8-14-23(21)27)20(3)26(31)28-22-12-5-4-6-13-22/h7-11,14-15,20,22H,4-6,12-13,16-17H2,1-3H3,(H,28,31)/t20-/m1/s1. The van der Waals surface area contributed by atoms with E-state index in [1.807, 2.05) is 32.0 Å². The third kappa shape index (κ3) is 6.09. The van der Waals surface area contributed by atoms with Crippen LogP contribution in [0.2, 0.25) is 0 Å². The number of hydrogen-bond acceptors (Lipinski definition) is 3. The first-order chi connectivity index (χ1) is 15.4. The number of amides is 2. The Balaban J connectivity index is 1.74. The molecule has 0 aromatic heterocycles. The second-order valence-corrected chi connectivity index (χ2v) is 8.62. The Morgan fingerprint density at radius 3 is 2.53 bits per heavy atom. The Kier molecular flexibility index (Phi) is 8.26. The molecule has 2 amide bonds. The SMILES string of the molecule is Cc1cccc(OCC(=O)N(Cc2ccccc2F)[C@H](C)C(=O)NC2CCCCC2)c1C. The normalized spacial score (nSPS) is 15.1. The van der Waals surface area contributed by atoms with Crippen LogP contribution in [0.1, 0.15) is 55.7 Å². The summed E-state index contributed by atoms with van der Waals surface area (Å²) in [4.78, 5) is 27.5. The van der Waals surface area contributed by atoms with Gasteiger partial charge < -0.3 is 15.0 Å². The second-order valence-electron chi connectivity index (χ2n) is 8.62. The molecule has 2 aromatic rings. The van der Waals surface area contributed by atoms with Crippen LogP contribution in [-0.4, -0.2) is 35.4 Å². The van der Waals surface area contributed by atoms with Crippen LogP contribution in [0.4, 0.5) is 4.39 Å². The van der Waals surface area contributed by atoms with Crippen molar-refractivity contribution in [1.29, 1.82) is 0 Å². The predicted octanol–water partition coefficient (Wildman–Crippen LogP) is 4.69. The molecule has 3 rings (SSSR count). The third-order valence-electron chi connectivity index (χ3n) is 6.32. The molecule has 0 bridgehead atoms. The topological polar surface area (TPSA) is 58.6 Å². The number of benzene rings is 2. The second kappa shape index (κ2) is 11.1. The summed E-state index contributed by atoms with van der Waals surface area (Å²) >= 11 is 0. The summed E-state index contributed by atoms with van der Waals surface area (Å²) < 4.78 is 20.1. The van der Waals surface area contributed by atoms with Crippen molar-refractivity contribution in [2.45, 2.75) is 71.5 Å². The minimum atomic E-state index is -0.744. The van der Waals surface area contributed by atoms with Crippen molar-refractivity contribution < 1.29 is 18.7 Å². The van der Waals surface area contributed by atoms with E-state index in [4.69, 9.17) is 4.74 Å². The zero-order valence-electron chi connectivity index (χ0n) is 19.2. The van der Waals surface area contributed by atoms with Crippen molar-refractivity contribution in [1.82, 2.24) is 10.2 Å². The molecule has 0 spiro atoms. The average Bonchev–Trinajstić information content (AvgIpc) is 2.79. The maximum Gasteiger partial charge on any atom is 0.261 e. The van der Waals surface area contributed by atoms with E-state index in [0.29, 0.717) is 11.3 Å². The van der Waals surface area contributed by atoms with Gasteiger partial charge in [-0.15, -0.1) is 0 Å². The smallest absolute Gasteiger partial charge is 0.261 e. The lowest BCUT2D eigenvalue weighted by Gasteiger charge is -2.31. The Morgan fingerprint density at radius 1 is 1.09 bits per heavy atom. The lowest BCUT2D eigenvalue weighted by molar-refractivity contribution is -0.142. The Morgan fingerprint density at radius 2 is 1.81 bits per heavy atom. The van der Waals surface area contributed by atoms with Crippen LogP contribution in [0.25, 0.3) is 0 Å². The number of halogens is 1. The fourth-order valence-corrected chi connectivity index (χ4v) is 4.06. The van der Waals surface area contributed by atoms with E-state index in [-0.39, 0.29) is 31.0 Å². The molecule has 2 aromatic carbocycles. The van der Waals surface area contributed by atoms with Gasteiger partial charge >= 0.3 is 0 Å². The van der Waals surface area contributed by atoms with Crippen LogP contribution in [0.3, 0.4) is 0 Å². The van der Waals surface area contributed by atoms with E-state index in [9.17, 15) is 14.0 Å². The minimum absolute atomic E-state index is 0.000912. The Hall–Kier alpha value is -2.89. The van der Waals surface area contributed by atoms with Gasteiger partial charge in [0.25, 0.3) is 5.91 Å². The summed E-state index contributed by atoms with van der Waals surface area (Å²) in [6.07, 6.45) is 5.29. The van der Waals surface area contributed by atoms with Crippen molar-refractivity contribution in [3.63, 3.8) is 0 Å². The van der Waals surface area contributed by atoms with Crippen LogP contribution in [-0.2, 0) is 16.1 Å². The highest BCUT2D eigenvalue weighted by molar-refractivity contribution is 5.88. The number of nitrogens with one attached hydrogen (secondary N) is 1. The molecule has 0 saturated heterocycles. The molecule has 6 heteroatoms. The van der Waals surface area contributed by atoms with E-state index < -0.39 is 11.9 Å². The number of hydrogen-bond donors (Lipinski definition) is 1. The fourth-order valence-electron chi connectivity index (χ4n) is 4.06. The first-order valence-corrected chi connectivity index (χ1v) is 11.4. The molecule has 1 aliphatic rings. The van der Waals surface area contributed by atoms with Crippen LogP contribution in [0, 0.1) is 19.7 Å². The number of aryl methyl sites for hydroxylation is 1. The molecule has 172 valence electrons. The van der Waals surface area contributed by atoms with Gasteiger partial charge in [-0.25, -0.2) is 4.39 Å². The Labute approximate surface area is 190 Å². The van der Waals surface area contributed by atoms with Crippen molar-refractivity contribution in [3.05, 3.63) is 65.0 Å². The molecule has 1 N–H and O–H groups in total. The van der Waals surface area contributed by atoms with E-state index >= 15 is 0 Å². The maximum atomic E-state index is 14.3. The zero-order chi connectivity index (χ0) is 23.1. The number of nitrogens with zero attached hydrogens (tertiary/aromatic N) is 1. The Bertz CT molecular complexity index is 940. The van der Waals surface area contributed by atoms with Gasteiger partial charge in [-0.05, 0) is 56.9 Å². The van der Waals surface area contributed by atoms with E-state index in [1.165, 1.54) is 17.4 Å². The zero-order valence-corrected chi connectivity index (χ0v) is 19.2. The number of ether oxygens (including phenoxy) is 1. The van der Waals surface area contributed by atoms with Crippen LogP contribution in [0.5, 0.6) is 5.75 Å². The van der Waals surface area contributed by atoms with Gasteiger partial charge in [-0.1, -0.05) is 49.6 Å². The lowest BCUT2D eigenvalue weighted by Crippen LogP contribution is -2.51. The molecule has 1 fully saturated rings. The molecule has 0 heterocycles. The van der Waals surface area contributed by atoms with E-state index in [2.05, 4.69) is 5.32 Å². The minimum Gasteiger partial charge on any atom is -0.483 e. The van der Waals surface area contributed by atoms with Gasteiger partial charge in [0.2, 0.25) is 5.91 Å². The summed E-state index contributed by atoms with van der Waals surface area (Å²) in [7, 11) is 0. The summed E-state index contributed by atoms with van der Waals surface area (Å²) in [6.45, 7) is 5.38. The molecule has 1 saturated carbocycles. The lowest BCUT2D eigenvalue weighted by atomic mass is 9.95. The highest BCUT2D eigenvalue weighted by atomic mass is 19.1. The molecule has 0 unspecified atom stereocenters. The van der Waals surface area contributed by atoms with Gasteiger partial charge in [0, 0.05) is 18.2 Å². The molecular weight excluding hydrogens is 407 g/mol. The van der Waals surface area contributed by atoms with Crippen molar-refractivity contribution >= 4 is 11.8 Å². The van der Waals surface area contributed by atoms with Gasteiger partial charge in [0.15, 0.2) is 6.61 Å². The molecule has 32 heavy (non-hydrogen) atoms. The van der Waals surface area contributed by atoms with Crippen molar-refractivity contribution in [2.24, 2.45) is 0 Å². The van der Waals surface area contributed by atoms with Gasteiger partial charge in [0.1, 0.15) is 17.6 Å². The van der Waals surface area contributed by atoms with Crippen LogP contribution >= 0.6 is 0 Å². The van der Waals surface area contributed by atoms with Crippen molar-refractivity contribution in [2.75, 3.05) is 6.61 Å². The number of carbonyl (C=O) groups excluding carboxylic acids is 2. The van der Waals surface area contributed by atoms with Crippen LogP contribution in [0.15, 0.2) is 42.5 Å². The monoisotopic (exact) mass is 440 g/mol. The number of carbonyl (C=O) groups is 2. The van der Waals surface area contributed by atoms with E-state index in [0.717, 1.165) is 36.8 Å².